The minimum atomic E-state index is 0.378. The lowest BCUT2D eigenvalue weighted by molar-refractivity contribution is 0.105. The van der Waals surface area contributed by atoms with Crippen LogP contribution in [0.25, 0.3) is 0 Å². The van der Waals surface area contributed by atoms with E-state index in [1.165, 1.54) is 19.3 Å². The average molecular weight is 335 g/mol. The van der Waals surface area contributed by atoms with Gasteiger partial charge in [0.1, 0.15) is 6.07 Å². The molecule has 0 radical (unpaired) electrons. The molecule has 1 aliphatic rings. The standard InChI is InChI=1S/C17H23BrN2/c1-16(2)8-14(9-17(3,4)11-16)20-13-6-5-12(10-19)15(18)7-13/h5-7,14,20H,8-9,11H2,1-4H3. The topological polar surface area (TPSA) is 35.8 Å². The van der Waals surface area contributed by atoms with Gasteiger partial charge in [0.15, 0.2) is 0 Å². The number of halogens is 1. The highest BCUT2D eigenvalue weighted by molar-refractivity contribution is 9.10. The number of nitrogens with zero attached hydrogens (tertiary/aromatic N) is 1. The molecule has 0 amide bonds. The van der Waals surface area contributed by atoms with E-state index in [0.29, 0.717) is 22.4 Å². The minimum Gasteiger partial charge on any atom is -0.382 e. The molecule has 20 heavy (non-hydrogen) atoms. The smallest absolute Gasteiger partial charge is 0.100 e. The average Bonchev–Trinajstić information content (AvgIpc) is 2.24. The zero-order valence-electron chi connectivity index (χ0n) is 12.8. The molecular weight excluding hydrogens is 312 g/mol. The molecule has 1 N–H and O–H groups in total. The van der Waals surface area contributed by atoms with E-state index in [4.69, 9.17) is 5.26 Å². The minimum absolute atomic E-state index is 0.378. The summed E-state index contributed by atoms with van der Waals surface area (Å²) < 4.78 is 0.860. The first-order valence-electron chi connectivity index (χ1n) is 7.17. The second kappa shape index (κ2) is 5.41. The quantitative estimate of drug-likeness (QED) is 0.792. The summed E-state index contributed by atoms with van der Waals surface area (Å²) >= 11 is 3.45. The highest BCUT2D eigenvalue weighted by Gasteiger charge is 2.38. The van der Waals surface area contributed by atoms with Crippen molar-refractivity contribution in [2.24, 2.45) is 10.8 Å². The van der Waals surface area contributed by atoms with Crippen LogP contribution in [0.3, 0.4) is 0 Å². The van der Waals surface area contributed by atoms with Crippen molar-refractivity contribution in [2.45, 2.75) is 53.0 Å². The van der Waals surface area contributed by atoms with Crippen molar-refractivity contribution in [3.8, 4) is 6.07 Å². The fourth-order valence-corrected chi connectivity index (χ4v) is 4.35. The molecule has 1 saturated carbocycles. The molecule has 0 unspecified atom stereocenters. The predicted molar refractivity (Wildman–Crippen MR) is 87.7 cm³/mol. The summed E-state index contributed by atoms with van der Waals surface area (Å²) in [5, 5.41) is 12.6. The van der Waals surface area contributed by atoms with Crippen molar-refractivity contribution in [1.29, 1.82) is 5.26 Å². The maximum Gasteiger partial charge on any atom is 0.100 e. The van der Waals surface area contributed by atoms with Gasteiger partial charge < -0.3 is 5.32 Å². The Morgan fingerprint density at radius 2 is 1.80 bits per heavy atom. The summed E-state index contributed by atoms with van der Waals surface area (Å²) in [7, 11) is 0. The molecule has 1 aromatic carbocycles. The Kier molecular flexibility index (Phi) is 4.16. The van der Waals surface area contributed by atoms with Crippen LogP contribution in [0.2, 0.25) is 0 Å². The lowest BCUT2D eigenvalue weighted by Gasteiger charge is -2.45. The van der Waals surface area contributed by atoms with E-state index in [1.54, 1.807) is 0 Å². The fraction of sp³-hybridized carbons (Fsp3) is 0.588. The summed E-state index contributed by atoms with van der Waals surface area (Å²) in [6.07, 6.45) is 3.65. The van der Waals surface area contributed by atoms with Crippen LogP contribution < -0.4 is 5.32 Å². The van der Waals surface area contributed by atoms with Crippen molar-refractivity contribution in [2.75, 3.05) is 5.32 Å². The van der Waals surface area contributed by atoms with Gasteiger partial charge in [0, 0.05) is 16.2 Å². The second-order valence-corrected chi connectivity index (χ2v) is 8.42. The first kappa shape index (κ1) is 15.4. The van der Waals surface area contributed by atoms with Crippen molar-refractivity contribution >= 4 is 21.6 Å². The Balaban J connectivity index is 2.14. The molecule has 0 aliphatic heterocycles. The van der Waals surface area contributed by atoms with Crippen molar-refractivity contribution in [3.05, 3.63) is 28.2 Å². The van der Waals surface area contributed by atoms with E-state index in [2.05, 4.69) is 55.0 Å². The van der Waals surface area contributed by atoms with Gasteiger partial charge in [-0.15, -0.1) is 0 Å². The van der Waals surface area contributed by atoms with Gasteiger partial charge in [-0.25, -0.2) is 0 Å². The van der Waals surface area contributed by atoms with Gasteiger partial charge in [0.2, 0.25) is 0 Å². The third-order valence-electron chi connectivity index (χ3n) is 4.02. The van der Waals surface area contributed by atoms with Crippen LogP contribution in [-0.4, -0.2) is 6.04 Å². The van der Waals surface area contributed by atoms with Gasteiger partial charge in [-0.2, -0.15) is 5.26 Å². The van der Waals surface area contributed by atoms with E-state index < -0.39 is 0 Å². The van der Waals surface area contributed by atoms with Crippen LogP contribution in [0.15, 0.2) is 22.7 Å². The van der Waals surface area contributed by atoms with Gasteiger partial charge in [0.25, 0.3) is 0 Å². The lowest BCUT2D eigenvalue weighted by atomic mass is 9.63. The van der Waals surface area contributed by atoms with Gasteiger partial charge >= 0.3 is 0 Å². The Morgan fingerprint density at radius 1 is 1.20 bits per heavy atom. The van der Waals surface area contributed by atoms with Gasteiger partial charge in [-0.05, 0) is 64.2 Å². The van der Waals surface area contributed by atoms with Crippen LogP contribution >= 0.6 is 15.9 Å². The summed E-state index contributed by atoms with van der Waals surface area (Å²) in [5.74, 6) is 0. The first-order valence-corrected chi connectivity index (χ1v) is 7.96. The molecule has 0 saturated heterocycles. The molecule has 0 atom stereocenters. The molecule has 108 valence electrons. The largest absolute Gasteiger partial charge is 0.382 e. The SMILES string of the molecule is CC1(C)CC(Nc2ccc(C#N)c(Br)c2)CC(C)(C)C1. The normalized spacial score (nSPS) is 21.2. The molecule has 0 spiro atoms. The maximum atomic E-state index is 8.97. The number of nitriles is 1. The van der Waals surface area contributed by atoms with Gasteiger partial charge in [-0.3, -0.25) is 0 Å². The van der Waals surface area contributed by atoms with Gasteiger partial charge in [0.05, 0.1) is 5.56 Å². The molecule has 2 rings (SSSR count). The Bertz CT molecular complexity index is 524. The Hall–Kier alpha value is -1.01. The van der Waals surface area contributed by atoms with Crippen LogP contribution in [0.1, 0.15) is 52.5 Å². The van der Waals surface area contributed by atoms with Crippen molar-refractivity contribution in [3.63, 3.8) is 0 Å². The first-order chi connectivity index (χ1) is 9.21. The van der Waals surface area contributed by atoms with E-state index in [-0.39, 0.29) is 0 Å². The lowest BCUT2D eigenvalue weighted by Crippen LogP contribution is -2.40. The second-order valence-electron chi connectivity index (χ2n) is 7.56. The molecule has 1 fully saturated rings. The Morgan fingerprint density at radius 3 is 2.30 bits per heavy atom. The van der Waals surface area contributed by atoms with E-state index in [9.17, 15) is 0 Å². The number of rotatable bonds is 2. The highest BCUT2D eigenvalue weighted by atomic mass is 79.9. The molecule has 0 bridgehead atoms. The summed E-state index contributed by atoms with van der Waals surface area (Å²) in [4.78, 5) is 0. The predicted octanol–water partition coefficient (Wildman–Crippen LogP) is 5.34. The number of nitrogens with one attached hydrogen (secondary N) is 1. The molecule has 1 aromatic rings. The number of anilines is 1. The van der Waals surface area contributed by atoms with Crippen molar-refractivity contribution in [1.82, 2.24) is 0 Å². The zero-order valence-corrected chi connectivity index (χ0v) is 14.3. The van der Waals surface area contributed by atoms with E-state index in [1.807, 2.05) is 18.2 Å². The number of benzene rings is 1. The third-order valence-corrected chi connectivity index (χ3v) is 4.67. The summed E-state index contributed by atoms with van der Waals surface area (Å²) in [5.41, 5.74) is 2.53. The van der Waals surface area contributed by atoms with Crippen LogP contribution in [-0.2, 0) is 0 Å². The molecule has 2 nitrogen and oxygen atoms in total. The maximum absolute atomic E-state index is 8.97. The summed E-state index contributed by atoms with van der Waals surface area (Å²) in [6.45, 7) is 9.43. The molecule has 0 aromatic heterocycles. The highest BCUT2D eigenvalue weighted by Crippen LogP contribution is 2.46. The monoisotopic (exact) mass is 334 g/mol. The number of hydrogen-bond donors (Lipinski definition) is 1. The van der Waals surface area contributed by atoms with Crippen LogP contribution in [0.5, 0.6) is 0 Å². The molecule has 1 aliphatic carbocycles. The van der Waals surface area contributed by atoms with Gasteiger partial charge in [-0.1, -0.05) is 27.7 Å². The van der Waals surface area contributed by atoms with E-state index in [0.717, 1.165) is 10.2 Å². The molecule has 0 heterocycles. The fourth-order valence-electron chi connectivity index (χ4n) is 3.88. The van der Waals surface area contributed by atoms with Crippen LogP contribution in [0, 0.1) is 22.2 Å². The van der Waals surface area contributed by atoms with E-state index >= 15 is 0 Å². The summed E-state index contributed by atoms with van der Waals surface area (Å²) in [6, 6.07) is 8.54. The zero-order chi connectivity index (χ0) is 15.0. The van der Waals surface area contributed by atoms with Crippen LogP contribution in [0.4, 0.5) is 5.69 Å². The Labute approximate surface area is 130 Å². The number of hydrogen-bond acceptors (Lipinski definition) is 2. The molecule has 3 heteroatoms. The van der Waals surface area contributed by atoms with Crippen molar-refractivity contribution < 1.29 is 0 Å². The molecular formula is C17H23BrN2. The third kappa shape index (κ3) is 3.76.